The quantitative estimate of drug-likeness (QED) is 0.730. The number of hydrogen-bond acceptors (Lipinski definition) is 2. The van der Waals surface area contributed by atoms with E-state index >= 15 is 0 Å². The van der Waals surface area contributed by atoms with Crippen LogP contribution < -0.4 is 0 Å². The smallest absolute Gasteiger partial charge is 0.0609 e. The van der Waals surface area contributed by atoms with Crippen molar-refractivity contribution in [2.45, 2.75) is 44.6 Å². The van der Waals surface area contributed by atoms with E-state index in [0.717, 1.165) is 6.54 Å². The van der Waals surface area contributed by atoms with Crippen molar-refractivity contribution in [1.82, 2.24) is 4.90 Å². The number of aliphatic hydroxyl groups excluding tert-OH is 1. The Hall–Kier alpha value is -0.0800. The fourth-order valence-electron chi connectivity index (χ4n) is 3.11. The van der Waals surface area contributed by atoms with E-state index in [1.165, 1.54) is 45.1 Å². The van der Waals surface area contributed by atoms with E-state index in [1.807, 2.05) is 0 Å². The van der Waals surface area contributed by atoms with Gasteiger partial charge in [0.25, 0.3) is 0 Å². The minimum atomic E-state index is -0.0137. The number of hydrogen-bond donors (Lipinski definition) is 1. The van der Waals surface area contributed by atoms with Crippen LogP contribution >= 0.6 is 0 Å². The zero-order valence-electron chi connectivity index (χ0n) is 9.28. The molecule has 0 bridgehead atoms. The topological polar surface area (TPSA) is 23.5 Å². The second-order valence-corrected chi connectivity index (χ2v) is 5.20. The van der Waals surface area contributed by atoms with Gasteiger partial charge in [0.05, 0.1) is 6.10 Å². The summed E-state index contributed by atoms with van der Waals surface area (Å²) in [6.45, 7) is 2.28. The van der Waals surface area contributed by atoms with Gasteiger partial charge in [-0.2, -0.15) is 0 Å². The molecular weight excluding hydrogens is 174 g/mol. The molecule has 1 saturated carbocycles. The van der Waals surface area contributed by atoms with Gasteiger partial charge in [-0.3, -0.25) is 0 Å². The molecule has 2 rings (SSSR count). The van der Waals surface area contributed by atoms with Crippen LogP contribution in [0.2, 0.25) is 0 Å². The monoisotopic (exact) mass is 197 g/mol. The summed E-state index contributed by atoms with van der Waals surface area (Å²) < 4.78 is 0. The Balaban J connectivity index is 1.84. The third-order valence-corrected chi connectivity index (χ3v) is 4.04. The summed E-state index contributed by atoms with van der Waals surface area (Å²) in [6, 6.07) is 0. The molecule has 1 aliphatic heterocycles. The van der Waals surface area contributed by atoms with E-state index in [2.05, 4.69) is 11.9 Å². The molecule has 2 atom stereocenters. The Morgan fingerprint density at radius 1 is 1.07 bits per heavy atom. The summed E-state index contributed by atoms with van der Waals surface area (Å²) in [6.07, 6.45) is 7.78. The largest absolute Gasteiger partial charge is 0.393 e. The first-order valence-electron chi connectivity index (χ1n) is 6.14. The first-order valence-corrected chi connectivity index (χ1v) is 6.14. The molecule has 2 nitrogen and oxygen atoms in total. The molecule has 82 valence electrons. The molecule has 0 aromatic heterocycles. The minimum Gasteiger partial charge on any atom is -0.393 e. The molecule has 0 spiro atoms. The van der Waals surface area contributed by atoms with Gasteiger partial charge >= 0.3 is 0 Å². The van der Waals surface area contributed by atoms with Crippen molar-refractivity contribution in [3.63, 3.8) is 0 Å². The summed E-state index contributed by atoms with van der Waals surface area (Å²) in [5.74, 6) is 1.17. The van der Waals surface area contributed by atoms with E-state index in [-0.39, 0.29) is 6.10 Å². The Labute approximate surface area is 87.3 Å². The van der Waals surface area contributed by atoms with Crippen LogP contribution in [0.15, 0.2) is 0 Å². The van der Waals surface area contributed by atoms with Crippen molar-refractivity contribution in [3.8, 4) is 0 Å². The summed E-state index contributed by atoms with van der Waals surface area (Å²) in [4.78, 5) is 2.34. The maximum Gasteiger partial charge on any atom is 0.0609 e. The Bertz CT molecular complexity index is 172. The Morgan fingerprint density at radius 2 is 1.79 bits per heavy atom. The molecule has 0 amide bonds. The van der Waals surface area contributed by atoms with Crippen LogP contribution in [0, 0.1) is 11.8 Å². The maximum absolute atomic E-state index is 10.3. The van der Waals surface area contributed by atoms with Gasteiger partial charge in [0.1, 0.15) is 0 Å². The van der Waals surface area contributed by atoms with Gasteiger partial charge in [0, 0.05) is 6.54 Å². The normalized spacial score (nSPS) is 33.4. The third kappa shape index (κ3) is 2.29. The highest BCUT2D eigenvalue weighted by Gasteiger charge is 2.32. The second kappa shape index (κ2) is 4.63. The summed E-state index contributed by atoms with van der Waals surface area (Å²) in [5, 5.41) is 10.3. The Morgan fingerprint density at radius 3 is 2.36 bits per heavy atom. The van der Waals surface area contributed by atoms with E-state index in [4.69, 9.17) is 0 Å². The zero-order chi connectivity index (χ0) is 9.97. The fourth-order valence-corrected chi connectivity index (χ4v) is 3.11. The maximum atomic E-state index is 10.3. The van der Waals surface area contributed by atoms with Crippen molar-refractivity contribution < 1.29 is 5.11 Å². The highest BCUT2D eigenvalue weighted by molar-refractivity contribution is 4.84. The van der Waals surface area contributed by atoms with Crippen LogP contribution in [0.1, 0.15) is 38.5 Å². The lowest BCUT2D eigenvalue weighted by Crippen LogP contribution is -2.32. The first kappa shape index (κ1) is 10.4. The molecule has 2 aliphatic rings. The fraction of sp³-hybridized carbons (Fsp3) is 1.00. The van der Waals surface area contributed by atoms with Crippen molar-refractivity contribution in [3.05, 3.63) is 0 Å². The van der Waals surface area contributed by atoms with E-state index in [9.17, 15) is 5.11 Å². The van der Waals surface area contributed by atoms with Crippen LogP contribution in [0.4, 0.5) is 0 Å². The molecule has 14 heavy (non-hydrogen) atoms. The highest BCUT2D eigenvalue weighted by Crippen LogP contribution is 2.32. The van der Waals surface area contributed by atoms with Gasteiger partial charge in [-0.1, -0.05) is 19.3 Å². The molecular formula is C12H23NO. The van der Waals surface area contributed by atoms with E-state index in [1.54, 1.807) is 0 Å². The molecule has 1 heterocycles. The van der Waals surface area contributed by atoms with Crippen molar-refractivity contribution in [2.24, 2.45) is 11.8 Å². The molecule has 2 fully saturated rings. The van der Waals surface area contributed by atoms with Crippen LogP contribution in [0.3, 0.4) is 0 Å². The zero-order valence-corrected chi connectivity index (χ0v) is 9.28. The van der Waals surface area contributed by atoms with Gasteiger partial charge in [-0.15, -0.1) is 0 Å². The van der Waals surface area contributed by atoms with Gasteiger partial charge in [-0.25, -0.2) is 0 Å². The lowest BCUT2D eigenvalue weighted by Gasteiger charge is -2.30. The first-order chi connectivity index (χ1) is 6.77. The number of aliphatic hydroxyl groups is 1. The minimum absolute atomic E-state index is 0.0137. The molecule has 1 saturated heterocycles. The number of nitrogens with zero attached hydrogens (tertiary/aromatic N) is 1. The number of likely N-dealkylation sites (tertiary alicyclic amines) is 1. The van der Waals surface area contributed by atoms with E-state index < -0.39 is 0 Å². The average molecular weight is 197 g/mol. The summed E-state index contributed by atoms with van der Waals surface area (Å²) in [5.41, 5.74) is 0. The van der Waals surface area contributed by atoms with Gasteiger partial charge in [-0.05, 0) is 44.7 Å². The van der Waals surface area contributed by atoms with Crippen LogP contribution in [0.25, 0.3) is 0 Å². The summed E-state index contributed by atoms with van der Waals surface area (Å²) >= 11 is 0. The lowest BCUT2D eigenvalue weighted by atomic mass is 9.80. The average Bonchev–Trinajstić information content (AvgIpc) is 2.65. The summed E-state index contributed by atoms with van der Waals surface area (Å²) in [7, 11) is 2.16. The second-order valence-electron chi connectivity index (χ2n) is 5.20. The third-order valence-electron chi connectivity index (χ3n) is 4.04. The Kier molecular flexibility index (Phi) is 3.45. The van der Waals surface area contributed by atoms with Crippen LogP contribution in [0.5, 0.6) is 0 Å². The van der Waals surface area contributed by atoms with Crippen LogP contribution in [-0.2, 0) is 0 Å². The highest BCUT2D eigenvalue weighted by atomic mass is 16.3. The molecule has 0 aromatic carbocycles. The molecule has 1 aliphatic carbocycles. The van der Waals surface area contributed by atoms with Gasteiger partial charge < -0.3 is 10.0 Å². The van der Waals surface area contributed by atoms with E-state index in [0.29, 0.717) is 11.8 Å². The molecule has 1 N–H and O–H groups in total. The number of rotatable bonds is 2. The van der Waals surface area contributed by atoms with Crippen molar-refractivity contribution >= 4 is 0 Å². The predicted octanol–water partition coefficient (Wildman–Crippen LogP) is 1.88. The molecule has 0 radical (unpaired) electrons. The standard InChI is InChI=1S/C12H23NO/c1-13-8-7-11(9-13)12(14)10-5-3-2-4-6-10/h10-12,14H,2-9H2,1H3. The van der Waals surface area contributed by atoms with Crippen molar-refractivity contribution in [2.75, 3.05) is 20.1 Å². The van der Waals surface area contributed by atoms with Crippen molar-refractivity contribution in [1.29, 1.82) is 0 Å². The predicted molar refractivity (Wildman–Crippen MR) is 58.2 cm³/mol. The van der Waals surface area contributed by atoms with Gasteiger partial charge in [0.15, 0.2) is 0 Å². The molecule has 2 heteroatoms. The molecule has 2 unspecified atom stereocenters. The van der Waals surface area contributed by atoms with Gasteiger partial charge in [0.2, 0.25) is 0 Å². The van der Waals surface area contributed by atoms with Crippen LogP contribution in [-0.4, -0.2) is 36.2 Å². The lowest BCUT2D eigenvalue weighted by molar-refractivity contribution is 0.0372. The molecule has 0 aromatic rings. The SMILES string of the molecule is CN1CCC(C(O)C2CCCCC2)C1.